The van der Waals surface area contributed by atoms with Crippen molar-refractivity contribution < 1.29 is 9.18 Å². The monoisotopic (exact) mass is 268 g/mol. The van der Waals surface area contributed by atoms with Crippen LogP contribution in [0.1, 0.15) is 29.6 Å². The van der Waals surface area contributed by atoms with Gasteiger partial charge in [0.25, 0.3) is 5.91 Å². The molecule has 2 atom stereocenters. The maximum atomic E-state index is 13.3. The number of thioether (sulfide) groups is 1. The molecule has 2 unspecified atom stereocenters. The fourth-order valence-corrected chi connectivity index (χ4v) is 3.29. The Bertz CT molecular complexity index is 453. The zero-order valence-electron chi connectivity index (χ0n) is 10.3. The largest absolute Gasteiger partial charge is 0.396 e. The van der Waals surface area contributed by atoms with Gasteiger partial charge in [-0.3, -0.25) is 4.79 Å². The predicted molar refractivity (Wildman–Crippen MR) is 73.2 cm³/mol. The lowest BCUT2D eigenvalue weighted by atomic mass is 10.1. The molecule has 0 aromatic heterocycles. The maximum Gasteiger partial charge on any atom is 0.253 e. The van der Waals surface area contributed by atoms with Crippen LogP contribution in [-0.4, -0.2) is 23.5 Å². The summed E-state index contributed by atoms with van der Waals surface area (Å²) in [4.78, 5) is 12.1. The minimum atomic E-state index is -0.546. The molecule has 0 spiro atoms. The Kier molecular flexibility index (Phi) is 4.11. The lowest BCUT2D eigenvalue weighted by Gasteiger charge is -2.19. The van der Waals surface area contributed by atoms with Crippen molar-refractivity contribution in [1.29, 1.82) is 0 Å². The number of para-hydroxylation sites is 1. The summed E-state index contributed by atoms with van der Waals surface area (Å²) in [6.07, 6.45) is 5.26. The number of benzene rings is 1. The molecule has 0 saturated heterocycles. The average molecular weight is 268 g/mol. The van der Waals surface area contributed by atoms with E-state index in [0.717, 1.165) is 19.3 Å². The highest BCUT2D eigenvalue weighted by molar-refractivity contribution is 7.99. The third-order valence-electron chi connectivity index (χ3n) is 3.37. The average Bonchev–Trinajstić information content (AvgIpc) is 2.79. The summed E-state index contributed by atoms with van der Waals surface area (Å²) in [5.41, 5.74) is 5.73. The first-order chi connectivity index (χ1) is 8.63. The van der Waals surface area contributed by atoms with Crippen LogP contribution in [0.15, 0.2) is 18.2 Å². The molecule has 18 heavy (non-hydrogen) atoms. The van der Waals surface area contributed by atoms with Gasteiger partial charge in [0.1, 0.15) is 5.82 Å². The highest BCUT2D eigenvalue weighted by Gasteiger charge is 2.28. The molecule has 0 aliphatic heterocycles. The molecule has 3 nitrogen and oxygen atoms in total. The highest BCUT2D eigenvalue weighted by Crippen LogP contribution is 2.28. The molecule has 1 amide bonds. The number of rotatable bonds is 3. The van der Waals surface area contributed by atoms with E-state index < -0.39 is 5.82 Å². The molecule has 1 fully saturated rings. The van der Waals surface area contributed by atoms with Gasteiger partial charge in [-0.2, -0.15) is 11.8 Å². The number of amides is 1. The fraction of sp³-hybridized carbons (Fsp3) is 0.462. The topological polar surface area (TPSA) is 55.1 Å². The van der Waals surface area contributed by atoms with Crippen LogP contribution in [0.2, 0.25) is 0 Å². The van der Waals surface area contributed by atoms with Crippen molar-refractivity contribution in [3.63, 3.8) is 0 Å². The van der Waals surface area contributed by atoms with Crippen LogP contribution >= 0.6 is 11.8 Å². The lowest BCUT2D eigenvalue weighted by Crippen LogP contribution is -2.38. The second-order valence-corrected chi connectivity index (χ2v) is 5.56. The number of nitrogens with two attached hydrogens (primary N) is 1. The molecule has 1 aliphatic rings. The molecule has 0 heterocycles. The van der Waals surface area contributed by atoms with Crippen LogP contribution < -0.4 is 11.1 Å². The predicted octanol–water partition coefficient (Wildman–Crippen LogP) is 2.42. The van der Waals surface area contributed by atoms with Gasteiger partial charge in [0.2, 0.25) is 0 Å². The number of hydrogen-bond acceptors (Lipinski definition) is 3. The van der Waals surface area contributed by atoms with Crippen molar-refractivity contribution in [1.82, 2.24) is 5.32 Å². The van der Waals surface area contributed by atoms with Crippen molar-refractivity contribution in [3.8, 4) is 0 Å². The summed E-state index contributed by atoms with van der Waals surface area (Å²) >= 11 is 1.76. The van der Waals surface area contributed by atoms with Crippen molar-refractivity contribution in [2.75, 3.05) is 12.0 Å². The third kappa shape index (κ3) is 2.61. The van der Waals surface area contributed by atoms with E-state index in [-0.39, 0.29) is 23.2 Å². The van der Waals surface area contributed by atoms with E-state index in [9.17, 15) is 9.18 Å². The van der Waals surface area contributed by atoms with Gasteiger partial charge in [-0.15, -0.1) is 0 Å². The number of carbonyl (C=O) groups excluding carboxylic acids is 1. The summed E-state index contributed by atoms with van der Waals surface area (Å²) in [5, 5.41) is 3.41. The van der Waals surface area contributed by atoms with E-state index in [4.69, 9.17) is 5.73 Å². The lowest BCUT2D eigenvalue weighted by molar-refractivity contribution is 0.0939. The van der Waals surface area contributed by atoms with E-state index in [2.05, 4.69) is 5.32 Å². The first-order valence-electron chi connectivity index (χ1n) is 6.01. The maximum absolute atomic E-state index is 13.3. The normalized spacial score (nSPS) is 23.0. The quantitative estimate of drug-likeness (QED) is 0.828. The first kappa shape index (κ1) is 13.2. The van der Waals surface area contributed by atoms with Crippen LogP contribution in [0.5, 0.6) is 0 Å². The molecule has 1 saturated carbocycles. The molecule has 5 heteroatoms. The molecule has 3 N–H and O–H groups in total. The number of nitrogen functional groups attached to an aromatic ring is 1. The van der Waals surface area contributed by atoms with Crippen LogP contribution in [0.25, 0.3) is 0 Å². The summed E-state index contributed by atoms with van der Waals surface area (Å²) in [7, 11) is 0. The number of hydrogen-bond donors (Lipinski definition) is 2. The molecule has 2 rings (SSSR count). The molecule has 98 valence electrons. The zero-order valence-corrected chi connectivity index (χ0v) is 11.1. The smallest absolute Gasteiger partial charge is 0.253 e. The molecular formula is C13H17FN2OS. The Morgan fingerprint density at radius 1 is 1.50 bits per heavy atom. The van der Waals surface area contributed by atoms with Crippen molar-refractivity contribution in [3.05, 3.63) is 29.6 Å². The van der Waals surface area contributed by atoms with E-state index in [1.54, 1.807) is 17.8 Å². The number of anilines is 1. The van der Waals surface area contributed by atoms with Gasteiger partial charge in [-0.25, -0.2) is 4.39 Å². The van der Waals surface area contributed by atoms with Crippen LogP contribution in [0.4, 0.5) is 10.1 Å². The number of nitrogens with one attached hydrogen (secondary N) is 1. The van der Waals surface area contributed by atoms with E-state index >= 15 is 0 Å². The molecule has 1 aliphatic carbocycles. The molecule has 0 bridgehead atoms. The Balaban J connectivity index is 2.10. The Morgan fingerprint density at radius 2 is 2.28 bits per heavy atom. The molecule has 1 aromatic rings. The SMILES string of the molecule is CSC1CCCC1NC(=O)c1cccc(F)c1N. The van der Waals surface area contributed by atoms with Crippen LogP contribution in [0, 0.1) is 5.82 Å². The van der Waals surface area contributed by atoms with Gasteiger partial charge in [-0.1, -0.05) is 12.5 Å². The summed E-state index contributed by atoms with van der Waals surface area (Å²) < 4.78 is 13.3. The number of carbonyl (C=O) groups is 1. The molecule has 1 aromatic carbocycles. The Labute approximate surface area is 110 Å². The minimum absolute atomic E-state index is 0.0753. The summed E-state index contributed by atoms with van der Waals surface area (Å²) in [6, 6.07) is 4.47. The first-order valence-corrected chi connectivity index (χ1v) is 7.30. The van der Waals surface area contributed by atoms with Gasteiger partial charge in [0.15, 0.2) is 0 Å². The Hall–Kier alpha value is -1.23. The van der Waals surface area contributed by atoms with Crippen LogP contribution in [-0.2, 0) is 0 Å². The van der Waals surface area contributed by atoms with Gasteiger partial charge >= 0.3 is 0 Å². The second kappa shape index (κ2) is 5.61. The summed E-state index contributed by atoms with van der Waals surface area (Å²) in [5.74, 6) is -0.826. The van der Waals surface area contributed by atoms with Crippen LogP contribution in [0.3, 0.4) is 0 Å². The molecular weight excluding hydrogens is 251 g/mol. The van der Waals surface area contributed by atoms with E-state index in [1.165, 1.54) is 12.1 Å². The molecule has 0 radical (unpaired) electrons. The standard InChI is InChI=1S/C13H17FN2OS/c1-18-11-7-3-6-10(11)16-13(17)8-4-2-5-9(14)12(8)15/h2,4-5,10-11H,3,6-7,15H2,1H3,(H,16,17). The van der Waals surface area contributed by atoms with Gasteiger partial charge in [-0.05, 0) is 31.2 Å². The van der Waals surface area contributed by atoms with Gasteiger partial charge in [0, 0.05) is 11.3 Å². The zero-order chi connectivity index (χ0) is 13.1. The fourth-order valence-electron chi connectivity index (χ4n) is 2.35. The second-order valence-electron chi connectivity index (χ2n) is 4.49. The van der Waals surface area contributed by atoms with Crippen molar-refractivity contribution in [2.24, 2.45) is 0 Å². The number of halogens is 1. The summed E-state index contributed by atoms with van der Waals surface area (Å²) in [6.45, 7) is 0. The van der Waals surface area contributed by atoms with E-state index in [1.807, 2.05) is 6.26 Å². The highest BCUT2D eigenvalue weighted by atomic mass is 32.2. The van der Waals surface area contributed by atoms with E-state index in [0.29, 0.717) is 5.25 Å². The Morgan fingerprint density at radius 3 is 3.00 bits per heavy atom. The third-order valence-corrected chi connectivity index (χ3v) is 4.54. The van der Waals surface area contributed by atoms with Crippen molar-refractivity contribution in [2.45, 2.75) is 30.6 Å². The minimum Gasteiger partial charge on any atom is -0.396 e. The van der Waals surface area contributed by atoms with Crippen molar-refractivity contribution >= 4 is 23.4 Å². The van der Waals surface area contributed by atoms with Gasteiger partial charge < -0.3 is 11.1 Å². The van der Waals surface area contributed by atoms with Gasteiger partial charge in [0.05, 0.1) is 11.3 Å².